The highest BCUT2D eigenvalue weighted by Crippen LogP contribution is 2.32. The van der Waals surface area contributed by atoms with Crippen LogP contribution < -0.4 is 5.32 Å². The summed E-state index contributed by atoms with van der Waals surface area (Å²) in [4.78, 5) is 24.1. The number of halogens is 5. The van der Waals surface area contributed by atoms with E-state index < -0.39 is 47.2 Å². The number of anilines is 1. The first-order valence-corrected chi connectivity index (χ1v) is 8.02. The number of benzene rings is 2. The van der Waals surface area contributed by atoms with Crippen LogP contribution in [0.25, 0.3) is 0 Å². The molecule has 26 heavy (non-hydrogen) atoms. The molecule has 2 aromatic carbocycles. The molecule has 0 radical (unpaired) electrons. The van der Waals surface area contributed by atoms with Gasteiger partial charge in [-0.15, -0.1) is 11.8 Å². The minimum atomic E-state index is -2.29. The Kier molecular flexibility index (Phi) is 4.86. The summed E-state index contributed by atoms with van der Waals surface area (Å²) in [5.74, 6) is -11.8. The number of ether oxygens (including phenoxy) is 1. The van der Waals surface area contributed by atoms with Crippen molar-refractivity contribution in [2.75, 3.05) is 11.1 Å². The van der Waals surface area contributed by atoms with Crippen LogP contribution >= 0.6 is 11.8 Å². The Morgan fingerprint density at radius 3 is 2.31 bits per heavy atom. The molecule has 136 valence electrons. The standard InChI is InChI=1S/C16H8F5NO3S/c17-11-7(12(18)14(20)15(21)13(11)19)4-25-16(24)6-1-2-9-8(3-6)22-10(23)5-26-9/h1-3H,4-5H2,(H,22,23). The maximum Gasteiger partial charge on any atom is 0.338 e. The van der Waals surface area contributed by atoms with Crippen LogP contribution in [0.3, 0.4) is 0 Å². The summed E-state index contributed by atoms with van der Waals surface area (Å²) in [6.07, 6.45) is 0. The molecule has 1 aliphatic heterocycles. The average molecular weight is 389 g/mol. The van der Waals surface area contributed by atoms with Crippen LogP contribution in [0.5, 0.6) is 0 Å². The van der Waals surface area contributed by atoms with Crippen LogP contribution in [0.1, 0.15) is 15.9 Å². The van der Waals surface area contributed by atoms with E-state index in [-0.39, 0.29) is 17.2 Å². The summed E-state index contributed by atoms with van der Waals surface area (Å²) in [5, 5.41) is 2.54. The summed E-state index contributed by atoms with van der Waals surface area (Å²) < 4.78 is 71.0. The van der Waals surface area contributed by atoms with Gasteiger partial charge in [0.1, 0.15) is 6.61 Å². The molecule has 0 saturated carbocycles. The molecule has 2 aromatic rings. The van der Waals surface area contributed by atoms with Gasteiger partial charge in [-0.1, -0.05) is 0 Å². The minimum absolute atomic E-state index is 0.0598. The molecule has 4 nitrogen and oxygen atoms in total. The lowest BCUT2D eigenvalue weighted by atomic mass is 10.1. The highest BCUT2D eigenvalue weighted by molar-refractivity contribution is 8.00. The number of hydrogen-bond acceptors (Lipinski definition) is 4. The van der Waals surface area contributed by atoms with Crippen molar-refractivity contribution in [1.29, 1.82) is 0 Å². The molecule has 0 aromatic heterocycles. The number of rotatable bonds is 3. The number of esters is 1. The van der Waals surface area contributed by atoms with Crippen molar-refractivity contribution < 1.29 is 36.3 Å². The van der Waals surface area contributed by atoms with Crippen molar-refractivity contribution >= 4 is 29.3 Å². The molecule has 0 unspecified atom stereocenters. The van der Waals surface area contributed by atoms with E-state index in [1.165, 1.54) is 30.0 Å². The summed E-state index contributed by atoms with van der Waals surface area (Å²) in [5.41, 5.74) is -0.955. The average Bonchev–Trinajstić information content (AvgIpc) is 2.64. The molecule has 0 fully saturated rings. The van der Waals surface area contributed by atoms with Gasteiger partial charge in [-0.3, -0.25) is 4.79 Å². The Hall–Kier alpha value is -2.62. The number of carbonyl (C=O) groups is 2. The zero-order chi connectivity index (χ0) is 19.0. The first-order valence-electron chi connectivity index (χ1n) is 7.03. The molecule has 0 spiro atoms. The zero-order valence-electron chi connectivity index (χ0n) is 12.7. The van der Waals surface area contributed by atoms with Gasteiger partial charge in [0.2, 0.25) is 11.7 Å². The highest BCUT2D eigenvalue weighted by Gasteiger charge is 2.26. The lowest BCUT2D eigenvalue weighted by Gasteiger charge is -2.16. The third-order valence-corrected chi connectivity index (χ3v) is 4.57. The molecule has 1 aliphatic rings. The Morgan fingerprint density at radius 2 is 1.65 bits per heavy atom. The molecule has 1 amide bonds. The van der Waals surface area contributed by atoms with E-state index in [1.54, 1.807) is 0 Å². The number of fused-ring (bicyclic) bond motifs is 1. The number of amides is 1. The van der Waals surface area contributed by atoms with Crippen LogP contribution in [0.15, 0.2) is 23.1 Å². The summed E-state index contributed by atoms with van der Waals surface area (Å²) in [6, 6.07) is 4.18. The minimum Gasteiger partial charge on any atom is -0.457 e. The van der Waals surface area contributed by atoms with Gasteiger partial charge in [-0.25, -0.2) is 26.7 Å². The van der Waals surface area contributed by atoms with Crippen LogP contribution in [-0.4, -0.2) is 17.6 Å². The monoisotopic (exact) mass is 389 g/mol. The largest absolute Gasteiger partial charge is 0.457 e. The smallest absolute Gasteiger partial charge is 0.338 e. The second-order valence-electron chi connectivity index (χ2n) is 5.17. The Balaban J connectivity index is 1.80. The second kappa shape index (κ2) is 6.94. The number of thioether (sulfide) groups is 1. The molecular weight excluding hydrogens is 381 g/mol. The van der Waals surface area contributed by atoms with Crippen LogP contribution in [0.2, 0.25) is 0 Å². The first-order chi connectivity index (χ1) is 12.3. The van der Waals surface area contributed by atoms with Crippen molar-refractivity contribution in [3.8, 4) is 0 Å². The van der Waals surface area contributed by atoms with Gasteiger partial charge in [0, 0.05) is 4.90 Å². The topological polar surface area (TPSA) is 55.4 Å². The van der Waals surface area contributed by atoms with E-state index >= 15 is 0 Å². The van der Waals surface area contributed by atoms with Gasteiger partial charge >= 0.3 is 5.97 Å². The van der Waals surface area contributed by atoms with Gasteiger partial charge in [-0.2, -0.15) is 0 Å². The molecule has 0 saturated heterocycles. The predicted octanol–water partition coefficient (Wildman–Crippen LogP) is 3.78. The zero-order valence-corrected chi connectivity index (χ0v) is 13.5. The van der Waals surface area contributed by atoms with Crippen molar-refractivity contribution in [3.63, 3.8) is 0 Å². The fourth-order valence-electron chi connectivity index (χ4n) is 2.21. The quantitative estimate of drug-likeness (QED) is 0.376. The van der Waals surface area contributed by atoms with E-state index in [4.69, 9.17) is 0 Å². The maximum absolute atomic E-state index is 13.6. The Labute approximate surface area is 147 Å². The second-order valence-corrected chi connectivity index (χ2v) is 6.19. The van der Waals surface area contributed by atoms with Crippen LogP contribution in [0, 0.1) is 29.1 Å². The maximum atomic E-state index is 13.6. The highest BCUT2D eigenvalue weighted by atomic mass is 32.2. The molecule has 1 N–H and O–H groups in total. The summed E-state index contributed by atoms with van der Waals surface area (Å²) in [7, 11) is 0. The van der Waals surface area contributed by atoms with E-state index in [2.05, 4.69) is 10.1 Å². The number of nitrogens with one attached hydrogen (secondary N) is 1. The molecule has 0 atom stereocenters. The SMILES string of the molecule is O=C1CSc2ccc(C(=O)OCc3c(F)c(F)c(F)c(F)c3F)cc2N1. The Morgan fingerprint density at radius 1 is 1.04 bits per heavy atom. The van der Waals surface area contributed by atoms with Crippen molar-refractivity contribution in [1.82, 2.24) is 0 Å². The van der Waals surface area contributed by atoms with E-state index in [0.717, 1.165) is 0 Å². The third kappa shape index (κ3) is 3.24. The van der Waals surface area contributed by atoms with Gasteiger partial charge in [0.25, 0.3) is 0 Å². The molecule has 10 heteroatoms. The van der Waals surface area contributed by atoms with Crippen molar-refractivity contribution in [2.24, 2.45) is 0 Å². The number of carbonyl (C=O) groups excluding carboxylic acids is 2. The van der Waals surface area contributed by atoms with Crippen LogP contribution in [0.4, 0.5) is 27.6 Å². The van der Waals surface area contributed by atoms with Crippen molar-refractivity contribution in [3.05, 3.63) is 58.4 Å². The molecule has 1 heterocycles. The fraction of sp³-hybridized carbons (Fsp3) is 0.125. The lowest BCUT2D eigenvalue weighted by Crippen LogP contribution is -2.19. The van der Waals surface area contributed by atoms with E-state index in [1.807, 2.05) is 0 Å². The predicted molar refractivity (Wildman–Crippen MR) is 81.1 cm³/mol. The van der Waals surface area contributed by atoms with Crippen molar-refractivity contribution in [2.45, 2.75) is 11.5 Å². The van der Waals surface area contributed by atoms with E-state index in [9.17, 15) is 31.5 Å². The molecular formula is C16H8F5NO3S. The van der Waals surface area contributed by atoms with Gasteiger partial charge in [-0.05, 0) is 18.2 Å². The molecule has 3 rings (SSSR count). The molecule has 0 aliphatic carbocycles. The molecule has 0 bridgehead atoms. The Bertz CT molecular complexity index is 906. The van der Waals surface area contributed by atoms with Gasteiger partial charge < -0.3 is 10.1 Å². The fourth-order valence-corrected chi connectivity index (χ4v) is 3.00. The normalized spacial score (nSPS) is 13.2. The van der Waals surface area contributed by atoms with Crippen LogP contribution in [-0.2, 0) is 16.1 Å². The summed E-state index contributed by atoms with van der Waals surface area (Å²) in [6.45, 7) is -1.15. The van der Waals surface area contributed by atoms with Gasteiger partial charge in [0.15, 0.2) is 23.3 Å². The lowest BCUT2D eigenvalue weighted by molar-refractivity contribution is -0.113. The third-order valence-electron chi connectivity index (χ3n) is 3.50. The summed E-state index contributed by atoms with van der Waals surface area (Å²) >= 11 is 1.25. The number of hydrogen-bond donors (Lipinski definition) is 1. The first kappa shape index (κ1) is 18.2. The van der Waals surface area contributed by atoms with Gasteiger partial charge in [0.05, 0.1) is 22.6 Å². The van der Waals surface area contributed by atoms with E-state index in [0.29, 0.717) is 10.6 Å².